The van der Waals surface area contributed by atoms with E-state index in [9.17, 15) is 0 Å². The molecule has 0 amide bonds. The van der Waals surface area contributed by atoms with Crippen molar-refractivity contribution in [1.82, 2.24) is 14.8 Å². The third-order valence-corrected chi connectivity index (χ3v) is 5.33. The maximum absolute atomic E-state index is 5.78. The number of aromatic nitrogens is 1. The minimum absolute atomic E-state index is 0.164. The zero-order valence-corrected chi connectivity index (χ0v) is 15.5. The Bertz CT molecular complexity index is 857. The van der Waals surface area contributed by atoms with Gasteiger partial charge in [-0.2, -0.15) is 0 Å². The Morgan fingerprint density at radius 2 is 1.65 bits per heavy atom. The van der Waals surface area contributed by atoms with E-state index in [1.54, 1.807) is 0 Å². The summed E-state index contributed by atoms with van der Waals surface area (Å²) in [6.45, 7) is 2.73. The molecular weight excluding hydrogens is 338 g/mol. The molecule has 0 aliphatic carbocycles. The molecule has 0 unspecified atom stereocenters. The molecule has 1 N–H and O–H groups in total. The van der Waals surface area contributed by atoms with E-state index in [1.807, 2.05) is 0 Å². The number of rotatable bonds is 4. The fourth-order valence-electron chi connectivity index (χ4n) is 3.65. The Labute approximate surface area is 160 Å². The van der Waals surface area contributed by atoms with E-state index in [0.29, 0.717) is 0 Å². The van der Waals surface area contributed by atoms with Crippen molar-refractivity contribution >= 4 is 17.3 Å². The number of hydrogen-bond donors (Lipinski definition) is 1. The Morgan fingerprint density at radius 1 is 0.923 bits per heavy atom. The molecule has 26 heavy (non-hydrogen) atoms. The third kappa shape index (κ3) is 3.51. The Balaban J connectivity index is 1.50. The molecule has 0 radical (unpaired) electrons. The first-order valence-corrected chi connectivity index (χ1v) is 9.52. The minimum Gasteiger partial charge on any atom is -0.362 e. The predicted molar refractivity (Wildman–Crippen MR) is 110 cm³/mol. The van der Waals surface area contributed by atoms with Crippen LogP contribution in [0.5, 0.6) is 0 Å². The van der Waals surface area contributed by atoms with Crippen LogP contribution in [0, 0.1) is 0 Å². The van der Waals surface area contributed by atoms with Crippen molar-refractivity contribution < 1.29 is 0 Å². The average molecular weight is 362 g/mol. The number of fused-ring (bicyclic) bond motifs is 1. The number of nitrogens with zero attached hydrogens (tertiary/aromatic N) is 2. The first-order chi connectivity index (χ1) is 12.8. The van der Waals surface area contributed by atoms with Crippen LogP contribution < -0.4 is 5.32 Å². The lowest BCUT2D eigenvalue weighted by atomic mass is 10.0. The highest BCUT2D eigenvalue weighted by Crippen LogP contribution is 2.32. The summed E-state index contributed by atoms with van der Waals surface area (Å²) in [5, 5.41) is 4.31. The predicted octanol–water partition coefficient (Wildman–Crippen LogP) is 4.01. The normalized spacial score (nSPS) is 16.2. The molecule has 2 heterocycles. The number of nitrogens with one attached hydrogen (secondary N) is 1. The molecule has 2 aromatic carbocycles. The van der Waals surface area contributed by atoms with Crippen molar-refractivity contribution in [3.05, 3.63) is 95.8 Å². The maximum atomic E-state index is 5.78. The van der Waals surface area contributed by atoms with Gasteiger partial charge >= 0.3 is 0 Å². The molecule has 132 valence electrons. The van der Waals surface area contributed by atoms with Gasteiger partial charge in [0.05, 0.1) is 6.04 Å². The molecule has 4 rings (SSSR count). The molecule has 0 saturated heterocycles. The van der Waals surface area contributed by atoms with Crippen LogP contribution in [0.4, 0.5) is 0 Å². The van der Waals surface area contributed by atoms with Crippen LogP contribution in [-0.4, -0.2) is 27.7 Å². The van der Waals surface area contributed by atoms with E-state index in [4.69, 9.17) is 12.2 Å². The van der Waals surface area contributed by atoms with E-state index in [2.05, 4.69) is 93.8 Å². The summed E-state index contributed by atoms with van der Waals surface area (Å²) < 4.78 is 2.33. The van der Waals surface area contributed by atoms with Gasteiger partial charge in [0.15, 0.2) is 5.11 Å². The van der Waals surface area contributed by atoms with Crippen LogP contribution in [0.25, 0.3) is 0 Å². The van der Waals surface area contributed by atoms with Crippen molar-refractivity contribution in [3.8, 4) is 0 Å². The molecular formula is C22H23N3S. The van der Waals surface area contributed by atoms with Crippen molar-refractivity contribution in [1.29, 1.82) is 0 Å². The molecule has 4 heteroatoms. The van der Waals surface area contributed by atoms with Crippen LogP contribution in [0.15, 0.2) is 79.0 Å². The molecule has 1 aliphatic heterocycles. The lowest BCUT2D eigenvalue weighted by Crippen LogP contribution is -2.47. The second-order valence-corrected chi connectivity index (χ2v) is 6.99. The van der Waals surface area contributed by atoms with Crippen molar-refractivity contribution in [2.24, 2.45) is 0 Å². The van der Waals surface area contributed by atoms with Crippen LogP contribution in [0.3, 0.4) is 0 Å². The van der Waals surface area contributed by atoms with Crippen molar-refractivity contribution in [3.63, 3.8) is 0 Å². The summed E-state index contributed by atoms with van der Waals surface area (Å²) in [7, 11) is 0. The first kappa shape index (κ1) is 16.9. The van der Waals surface area contributed by atoms with E-state index < -0.39 is 0 Å². The minimum atomic E-state index is 0.164. The summed E-state index contributed by atoms with van der Waals surface area (Å²) in [5.74, 6) is 0. The number of thiocarbonyl (C=S) groups is 1. The molecule has 3 aromatic rings. The molecule has 1 aliphatic rings. The second kappa shape index (κ2) is 7.75. The topological polar surface area (TPSA) is 20.2 Å². The molecule has 1 atom stereocenters. The zero-order chi connectivity index (χ0) is 17.8. The van der Waals surface area contributed by atoms with E-state index in [-0.39, 0.29) is 6.04 Å². The molecule has 0 spiro atoms. The average Bonchev–Trinajstić information content (AvgIpc) is 3.17. The van der Waals surface area contributed by atoms with Crippen LogP contribution >= 0.6 is 12.2 Å². The van der Waals surface area contributed by atoms with Crippen LogP contribution in [-0.2, 0) is 13.0 Å². The van der Waals surface area contributed by atoms with Gasteiger partial charge in [-0.3, -0.25) is 0 Å². The van der Waals surface area contributed by atoms with Gasteiger partial charge in [-0.25, -0.2) is 0 Å². The third-order valence-electron chi connectivity index (χ3n) is 4.95. The molecule has 0 saturated carbocycles. The monoisotopic (exact) mass is 361 g/mol. The second-order valence-electron chi connectivity index (χ2n) is 6.60. The van der Waals surface area contributed by atoms with E-state index in [0.717, 1.165) is 31.2 Å². The van der Waals surface area contributed by atoms with Crippen LogP contribution in [0.1, 0.15) is 22.9 Å². The highest BCUT2D eigenvalue weighted by atomic mass is 32.1. The summed E-state index contributed by atoms with van der Waals surface area (Å²) in [6.07, 6.45) is 3.13. The Kier molecular flexibility index (Phi) is 5.02. The SMILES string of the molecule is S=C(NCCc1ccccc1)N1CCn2cccc2[C@H]1c1ccccc1. The summed E-state index contributed by atoms with van der Waals surface area (Å²) in [6, 6.07) is 25.7. The van der Waals surface area contributed by atoms with Crippen molar-refractivity contribution in [2.45, 2.75) is 19.0 Å². The quantitative estimate of drug-likeness (QED) is 0.709. The fourth-order valence-corrected chi connectivity index (χ4v) is 3.95. The molecule has 3 nitrogen and oxygen atoms in total. The lowest BCUT2D eigenvalue weighted by Gasteiger charge is -2.39. The van der Waals surface area contributed by atoms with Gasteiger partial charge in [0, 0.05) is 31.5 Å². The lowest BCUT2D eigenvalue weighted by molar-refractivity contribution is 0.286. The van der Waals surface area contributed by atoms with E-state index in [1.165, 1.54) is 16.8 Å². The Morgan fingerprint density at radius 3 is 2.42 bits per heavy atom. The van der Waals surface area contributed by atoms with Crippen LogP contribution in [0.2, 0.25) is 0 Å². The molecule has 1 aromatic heterocycles. The largest absolute Gasteiger partial charge is 0.362 e. The van der Waals surface area contributed by atoms with Gasteiger partial charge in [-0.1, -0.05) is 60.7 Å². The van der Waals surface area contributed by atoms with Gasteiger partial charge in [0.2, 0.25) is 0 Å². The summed E-state index contributed by atoms with van der Waals surface area (Å²) >= 11 is 5.78. The first-order valence-electron chi connectivity index (χ1n) is 9.11. The van der Waals surface area contributed by atoms with Crippen molar-refractivity contribution in [2.75, 3.05) is 13.1 Å². The molecule has 0 fully saturated rings. The number of hydrogen-bond acceptors (Lipinski definition) is 1. The van der Waals surface area contributed by atoms with Gasteiger partial charge in [-0.15, -0.1) is 0 Å². The highest BCUT2D eigenvalue weighted by molar-refractivity contribution is 7.80. The standard InChI is InChI=1S/C22H23N3S/c26-22(23-14-13-18-8-3-1-4-9-18)25-17-16-24-15-7-12-20(24)21(25)19-10-5-2-6-11-19/h1-12,15,21H,13-14,16-17H2,(H,23,26)/t21-/m1/s1. The summed E-state index contributed by atoms with van der Waals surface area (Å²) in [4.78, 5) is 2.32. The summed E-state index contributed by atoms with van der Waals surface area (Å²) in [5.41, 5.74) is 3.91. The highest BCUT2D eigenvalue weighted by Gasteiger charge is 2.30. The van der Waals surface area contributed by atoms with E-state index >= 15 is 0 Å². The fraction of sp³-hybridized carbons (Fsp3) is 0.227. The van der Waals surface area contributed by atoms with Gasteiger partial charge in [-0.05, 0) is 41.9 Å². The number of benzene rings is 2. The maximum Gasteiger partial charge on any atom is 0.169 e. The van der Waals surface area contributed by atoms with Gasteiger partial charge < -0.3 is 14.8 Å². The van der Waals surface area contributed by atoms with Gasteiger partial charge in [0.1, 0.15) is 0 Å². The van der Waals surface area contributed by atoms with Gasteiger partial charge in [0.25, 0.3) is 0 Å². The molecule has 0 bridgehead atoms. The smallest absolute Gasteiger partial charge is 0.169 e. The Hall–Kier alpha value is -2.59. The zero-order valence-electron chi connectivity index (χ0n) is 14.7.